The van der Waals surface area contributed by atoms with Crippen LogP contribution >= 0.6 is 23.5 Å². The van der Waals surface area contributed by atoms with Crippen LogP contribution in [0.5, 0.6) is 0 Å². The summed E-state index contributed by atoms with van der Waals surface area (Å²) in [6.07, 6.45) is 3.98. The number of ketones is 1. The van der Waals surface area contributed by atoms with Gasteiger partial charge in [-0.1, -0.05) is 56.5 Å². The van der Waals surface area contributed by atoms with Crippen LogP contribution in [0, 0.1) is 11.6 Å². The normalized spacial score (nSPS) is 10.6. The van der Waals surface area contributed by atoms with Crippen molar-refractivity contribution in [1.29, 1.82) is 0 Å². The van der Waals surface area contributed by atoms with Gasteiger partial charge in [-0.2, -0.15) is 0 Å². The number of nitrogens with zero attached hydrogens (tertiary/aromatic N) is 1. The van der Waals surface area contributed by atoms with Crippen LogP contribution in [0.1, 0.15) is 43.1 Å². The molecule has 0 saturated carbocycles. The Morgan fingerprint density at radius 1 is 1.12 bits per heavy atom. The molecular weight excluding hydrogens is 464 g/mol. The molecule has 8 heteroatoms. The number of rotatable bonds is 7. The van der Waals surface area contributed by atoms with E-state index in [4.69, 9.17) is 11.6 Å². The van der Waals surface area contributed by atoms with Gasteiger partial charge in [0.05, 0.1) is 11.3 Å². The Balaban J connectivity index is 0.00000149. The van der Waals surface area contributed by atoms with Crippen LogP contribution in [-0.4, -0.2) is 21.5 Å². The third kappa shape index (κ3) is 5.37. The van der Waals surface area contributed by atoms with Crippen molar-refractivity contribution in [2.75, 3.05) is 10.5 Å². The molecule has 0 saturated heterocycles. The summed E-state index contributed by atoms with van der Waals surface area (Å²) in [5.41, 5.74) is 1.69. The number of carbonyl (C=O) groups is 1. The first-order valence-corrected chi connectivity index (χ1v) is 12.0. The van der Waals surface area contributed by atoms with E-state index in [-0.39, 0.29) is 11.3 Å². The maximum atomic E-state index is 15.0. The molecule has 0 unspecified atom stereocenters. The summed E-state index contributed by atoms with van der Waals surface area (Å²) in [7, 11) is 0. The first kappa shape index (κ1) is 24.7. The van der Waals surface area contributed by atoms with Crippen molar-refractivity contribution in [3.8, 4) is 11.1 Å². The summed E-state index contributed by atoms with van der Waals surface area (Å²) in [5, 5.41) is 1.09. The van der Waals surface area contributed by atoms with Gasteiger partial charge in [-0.25, -0.2) is 13.8 Å². The molecule has 2 aromatic heterocycles. The van der Waals surface area contributed by atoms with E-state index in [9.17, 15) is 9.18 Å². The fourth-order valence-corrected chi connectivity index (χ4v) is 3.94. The number of anilines is 1. The van der Waals surface area contributed by atoms with Crippen LogP contribution in [0.25, 0.3) is 22.2 Å². The van der Waals surface area contributed by atoms with Crippen molar-refractivity contribution in [3.05, 3.63) is 82.6 Å². The number of H-pyrrole nitrogens is 1. The van der Waals surface area contributed by atoms with Crippen molar-refractivity contribution in [2.24, 2.45) is 0 Å². The van der Waals surface area contributed by atoms with Crippen LogP contribution < -0.4 is 4.72 Å². The number of fused-ring (bicyclic) bond motifs is 1. The summed E-state index contributed by atoms with van der Waals surface area (Å²) < 4.78 is 32.4. The highest BCUT2D eigenvalue weighted by Gasteiger charge is 2.24. The van der Waals surface area contributed by atoms with Gasteiger partial charge in [0.1, 0.15) is 11.5 Å². The molecule has 0 aliphatic rings. The lowest BCUT2D eigenvalue weighted by atomic mass is 10.00. The fraction of sp³-hybridized carbons (Fsp3) is 0.200. The molecule has 0 radical (unpaired) electrons. The lowest BCUT2D eigenvalue weighted by Gasteiger charge is -2.10. The molecule has 2 N–H and O–H groups in total. The molecule has 0 atom stereocenters. The monoisotopic (exact) mass is 487 g/mol. The van der Waals surface area contributed by atoms with Gasteiger partial charge in [-0.15, -0.1) is 0 Å². The summed E-state index contributed by atoms with van der Waals surface area (Å²) in [4.78, 5) is 20.4. The molecule has 0 bridgehead atoms. The molecule has 172 valence electrons. The summed E-state index contributed by atoms with van der Waals surface area (Å²) >= 11 is 7.25. The van der Waals surface area contributed by atoms with Gasteiger partial charge in [0.2, 0.25) is 5.78 Å². The zero-order valence-corrected chi connectivity index (χ0v) is 20.1. The van der Waals surface area contributed by atoms with Crippen molar-refractivity contribution in [1.82, 2.24) is 9.97 Å². The van der Waals surface area contributed by atoms with E-state index in [2.05, 4.69) is 14.7 Å². The second-order valence-electron chi connectivity index (χ2n) is 6.89. The number of aromatic amines is 1. The average Bonchev–Trinajstić information content (AvgIpc) is 3.26. The van der Waals surface area contributed by atoms with Gasteiger partial charge in [-0.3, -0.25) is 4.79 Å². The average molecular weight is 488 g/mol. The highest BCUT2D eigenvalue weighted by Crippen LogP contribution is 2.30. The van der Waals surface area contributed by atoms with E-state index >= 15 is 4.39 Å². The largest absolute Gasteiger partial charge is 0.345 e. The lowest BCUT2D eigenvalue weighted by Crippen LogP contribution is -2.09. The number of benzene rings is 2. The third-order valence-corrected chi connectivity index (χ3v) is 5.99. The number of pyridine rings is 1. The number of aromatic nitrogens is 2. The molecule has 33 heavy (non-hydrogen) atoms. The molecule has 2 heterocycles. The second-order valence-corrected chi connectivity index (χ2v) is 8.23. The standard InChI is InChI=1S/C23H18ClF2N3OS.C2H6/c1-2-9-31-29-19-8-7-18(25)20(21(19)26)22(30)17-12-28-23-16(17)10-14(11-27-23)13-3-5-15(24)6-4-13;1-2/h3-8,10-12,29H,2,9H2,1H3,(H,27,28);1-2H3. The molecular formula is C25H24ClF2N3OS. The lowest BCUT2D eigenvalue weighted by molar-refractivity contribution is 0.103. The Bertz CT molecular complexity index is 1260. The van der Waals surface area contributed by atoms with Crippen LogP contribution in [-0.2, 0) is 0 Å². The minimum absolute atomic E-state index is 0.0722. The molecule has 0 spiro atoms. The first-order valence-electron chi connectivity index (χ1n) is 10.6. The molecule has 0 amide bonds. The number of halogens is 3. The molecule has 2 aromatic carbocycles. The van der Waals surface area contributed by atoms with Gasteiger partial charge in [0.25, 0.3) is 0 Å². The second kappa shape index (κ2) is 11.3. The molecule has 4 aromatic rings. The van der Waals surface area contributed by atoms with Crippen molar-refractivity contribution in [2.45, 2.75) is 27.2 Å². The van der Waals surface area contributed by atoms with Crippen molar-refractivity contribution in [3.63, 3.8) is 0 Å². The Kier molecular flexibility index (Phi) is 8.47. The maximum absolute atomic E-state index is 15.0. The van der Waals surface area contributed by atoms with E-state index in [1.54, 1.807) is 24.4 Å². The van der Waals surface area contributed by atoms with Crippen molar-refractivity contribution < 1.29 is 13.6 Å². The zero-order chi connectivity index (χ0) is 24.0. The van der Waals surface area contributed by atoms with E-state index in [1.807, 2.05) is 32.9 Å². The summed E-state index contributed by atoms with van der Waals surface area (Å²) in [6, 6.07) is 11.3. The Labute approximate surface area is 200 Å². The van der Waals surface area contributed by atoms with Gasteiger partial charge < -0.3 is 9.71 Å². The third-order valence-electron chi connectivity index (χ3n) is 4.76. The number of hydrogen-bond donors (Lipinski definition) is 2. The molecule has 0 aliphatic carbocycles. The van der Waals surface area contributed by atoms with Crippen LogP contribution in [0.2, 0.25) is 5.02 Å². The number of hydrogen-bond acceptors (Lipinski definition) is 4. The topological polar surface area (TPSA) is 57.8 Å². The SMILES string of the molecule is CC.CCCSNc1ccc(F)c(C(=O)c2c[nH]c3ncc(-c4ccc(Cl)cc4)cc23)c1F. The van der Waals surface area contributed by atoms with Gasteiger partial charge in [0, 0.05) is 39.7 Å². The molecule has 0 fully saturated rings. The molecule has 0 aliphatic heterocycles. The van der Waals surface area contributed by atoms with Crippen molar-refractivity contribution >= 4 is 46.1 Å². The van der Waals surface area contributed by atoms with Crippen LogP contribution in [0.3, 0.4) is 0 Å². The van der Waals surface area contributed by atoms with Gasteiger partial charge >= 0.3 is 0 Å². The quantitative estimate of drug-likeness (QED) is 0.158. The number of carbonyl (C=O) groups excluding carboxylic acids is 1. The first-order chi connectivity index (χ1) is 16.0. The maximum Gasteiger partial charge on any atom is 0.201 e. The highest BCUT2D eigenvalue weighted by atomic mass is 35.5. The van der Waals surface area contributed by atoms with E-state index in [1.165, 1.54) is 24.2 Å². The summed E-state index contributed by atoms with van der Waals surface area (Å²) in [6.45, 7) is 5.99. The van der Waals surface area contributed by atoms with Gasteiger partial charge in [0.15, 0.2) is 5.82 Å². The van der Waals surface area contributed by atoms with E-state index in [0.717, 1.165) is 29.4 Å². The number of nitrogens with one attached hydrogen (secondary N) is 2. The minimum Gasteiger partial charge on any atom is -0.345 e. The van der Waals surface area contributed by atoms with Crippen LogP contribution in [0.4, 0.5) is 14.5 Å². The van der Waals surface area contributed by atoms with Gasteiger partial charge in [-0.05, 0) is 42.3 Å². The summed E-state index contributed by atoms with van der Waals surface area (Å²) in [5.74, 6) is -1.82. The van der Waals surface area contributed by atoms with E-state index in [0.29, 0.717) is 16.1 Å². The predicted molar refractivity (Wildman–Crippen MR) is 134 cm³/mol. The Morgan fingerprint density at radius 2 is 1.85 bits per heavy atom. The highest BCUT2D eigenvalue weighted by molar-refractivity contribution is 8.00. The Hall–Kier alpha value is -2.90. The molecule has 4 rings (SSSR count). The smallest absolute Gasteiger partial charge is 0.201 e. The minimum atomic E-state index is -0.912. The fourth-order valence-electron chi connectivity index (χ4n) is 3.20. The van der Waals surface area contributed by atoms with E-state index < -0.39 is 23.0 Å². The Morgan fingerprint density at radius 3 is 2.55 bits per heavy atom. The molecule has 4 nitrogen and oxygen atoms in total. The zero-order valence-electron chi connectivity index (χ0n) is 18.5. The van der Waals surface area contributed by atoms with Crippen LogP contribution in [0.15, 0.2) is 54.9 Å². The predicted octanol–water partition coefficient (Wildman–Crippen LogP) is 7.89.